The number of H-pyrrole nitrogens is 1. The minimum Gasteiger partial charge on any atom is -0.481 e. The molecule has 0 aromatic carbocycles. The number of aromatic nitrogens is 3. The normalized spacial score (nSPS) is 11.6. The number of carboxylic acid groups (broad SMARTS) is 1. The van der Waals surface area contributed by atoms with Gasteiger partial charge in [-0.15, -0.1) is 0 Å². The number of hydrogen-bond donors (Lipinski definition) is 2. The Hall–Kier alpha value is -1.59. The second kappa shape index (κ2) is 3.28. The van der Waals surface area contributed by atoms with Gasteiger partial charge in [-0.1, -0.05) is 0 Å². The minimum atomic E-state index is -1.01. The van der Waals surface area contributed by atoms with Gasteiger partial charge in [0.15, 0.2) is 0 Å². The predicted octanol–water partition coefficient (Wildman–Crippen LogP) is -0.0465. The maximum absolute atomic E-state index is 11.3. The summed E-state index contributed by atoms with van der Waals surface area (Å²) in [6, 6.07) is 0. The van der Waals surface area contributed by atoms with E-state index in [1.54, 1.807) is 0 Å². The van der Waals surface area contributed by atoms with Crippen LogP contribution < -0.4 is 5.69 Å². The molecule has 78 valence electrons. The highest BCUT2D eigenvalue weighted by Crippen LogP contribution is 2.08. The molecule has 1 heterocycles. The summed E-state index contributed by atoms with van der Waals surface area (Å²) < 4.78 is 1.24. The molecule has 1 aromatic rings. The molecule has 1 aromatic heterocycles. The van der Waals surface area contributed by atoms with Crippen molar-refractivity contribution in [2.45, 2.75) is 32.7 Å². The van der Waals surface area contributed by atoms with Crippen molar-refractivity contribution < 1.29 is 9.90 Å². The fraction of sp³-hybridized carbons (Fsp3) is 0.625. The van der Waals surface area contributed by atoms with Crippen molar-refractivity contribution in [1.29, 1.82) is 0 Å². The van der Waals surface area contributed by atoms with Gasteiger partial charge in [-0.25, -0.2) is 9.48 Å². The van der Waals surface area contributed by atoms with E-state index in [-0.39, 0.29) is 17.9 Å². The standard InChI is InChI=1S/C8H13N3O3/c1-8(2,3)11-7(14)9-5(10-11)4-6(12)13/h4H2,1-3H3,(H,12,13)(H,9,10,14). The molecule has 0 aliphatic heterocycles. The highest BCUT2D eigenvalue weighted by molar-refractivity contribution is 5.68. The summed E-state index contributed by atoms with van der Waals surface area (Å²) in [5.41, 5.74) is -0.821. The number of rotatable bonds is 2. The van der Waals surface area contributed by atoms with Crippen LogP contribution in [0.5, 0.6) is 0 Å². The molecule has 0 atom stereocenters. The van der Waals surface area contributed by atoms with Crippen molar-refractivity contribution in [3.8, 4) is 0 Å². The molecule has 0 bridgehead atoms. The summed E-state index contributed by atoms with van der Waals surface area (Å²) in [7, 11) is 0. The average Bonchev–Trinajstić information content (AvgIpc) is 2.27. The number of aliphatic carboxylic acids is 1. The third kappa shape index (κ3) is 2.21. The monoisotopic (exact) mass is 199 g/mol. The van der Waals surface area contributed by atoms with Gasteiger partial charge in [0.05, 0.1) is 5.54 Å². The predicted molar refractivity (Wildman–Crippen MR) is 49.2 cm³/mol. The van der Waals surface area contributed by atoms with E-state index in [0.29, 0.717) is 0 Å². The molecular formula is C8H13N3O3. The van der Waals surface area contributed by atoms with Gasteiger partial charge < -0.3 is 5.11 Å². The number of nitrogens with one attached hydrogen (secondary N) is 1. The Labute approximate surface area is 80.6 Å². The van der Waals surface area contributed by atoms with E-state index in [0.717, 1.165) is 0 Å². The highest BCUT2D eigenvalue weighted by Gasteiger charge is 2.19. The van der Waals surface area contributed by atoms with E-state index in [1.807, 2.05) is 20.8 Å². The zero-order chi connectivity index (χ0) is 10.9. The molecular weight excluding hydrogens is 186 g/mol. The fourth-order valence-corrected chi connectivity index (χ4v) is 1.04. The SMILES string of the molecule is CC(C)(C)n1nc(CC(=O)O)[nH]c1=O. The van der Waals surface area contributed by atoms with Crippen LogP contribution in [-0.2, 0) is 16.8 Å². The maximum atomic E-state index is 11.3. The number of carbonyl (C=O) groups is 1. The largest absolute Gasteiger partial charge is 0.481 e. The number of carboxylic acids is 1. The van der Waals surface area contributed by atoms with Crippen LogP contribution in [0.25, 0.3) is 0 Å². The summed E-state index contributed by atoms with van der Waals surface area (Å²) >= 11 is 0. The van der Waals surface area contributed by atoms with Gasteiger partial charge in [0.2, 0.25) is 0 Å². The van der Waals surface area contributed by atoms with Crippen molar-refractivity contribution in [2.75, 3.05) is 0 Å². The smallest absolute Gasteiger partial charge is 0.343 e. The fourth-order valence-electron chi connectivity index (χ4n) is 1.04. The van der Waals surface area contributed by atoms with Crippen molar-refractivity contribution in [3.05, 3.63) is 16.3 Å². The molecule has 2 N–H and O–H groups in total. The molecule has 0 spiro atoms. The van der Waals surface area contributed by atoms with Crippen LogP contribution >= 0.6 is 0 Å². The molecule has 0 aliphatic carbocycles. The van der Waals surface area contributed by atoms with E-state index >= 15 is 0 Å². The number of nitrogens with zero attached hydrogens (tertiary/aromatic N) is 2. The molecule has 6 heteroatoms. The lowest BCUT2D eigenvalue weighted by Crippen LogP contribution is -2.33. The van der Waals surface area contributed by atoms with Gasteiger partial charge in [0.1, 0.15) is 12.2 Å². The van der Waals surface area contributed by atoms with Gasteiger partial charge >= 0.3 is 11.7 Å². The summed E-state index contributed by atoms with van der Waals surface area (Å²) in [6.45, 7) is 5.46. The first-order chi connectivity index (χ1) is 6.30. The Bertz CT molecular complexity index is 397. The summed E-state index contributed by atoms with van der Waals surface area (Å²) in [4.78, 5) is 24.1. The average molecular weight is 199 g/mol. The molecule has 0 saturated carbocycles. The van der Waals surface area contributed by atoms with E-state index in [1.165, 1.54) is 4.68 Å². The Balaban J connectivity index is 3.06. The van der Waals surface area contributed by atoms with Gasteiger partial charge in [0, 0.05) is 0 Å². The Morgan fingerprint density at radius 3 is 2.50 bits per heavy atom. The molecule has 0 unspecified atom stereocenters. The second-order valence-corrected chi connectivity index (χ2v) is 4.03. The van der Waals surface area contributed by atoms with Crippen LogP contribution in [0.2, 0.25) is 0 Å². The third-order valence-electron chi connectivity index (χ3n) is 1.62. The van der Waals surface area contributed by atoms with Crippen LogP contribution in [0.3, 0.4) is 0 Å². The number of aromatic amines is 1. The summed E-state index contributed by atoms with van der Waals surface area (Å²) in [5.74, 6) is -0.836. The maximum Gasteiger partial charge on any atom is 0.343 e. The second-order valence-electron chi connectivity index (χ2n) is 4.03. The first-order valence-corrected chi connectivity index (χ1v) is 4.21. The number of hydrogen-bond acceptors (Lipinski definition) is 3. The lowest BCUT2D eigenvalue weighted by Gasteiger charge is -2.16. The van der Waals surface area contributed by atoms with Crippen LogP contribution in [0, 0.1) is 0 Å². The van der Waals surface area contributed by atoms with Crippen LogP contribution in [0.4, 0.5) is 0 Å². The lowest BCUT2D eigenvalue weighted by molar-refractivity contribution is -0.136. The van der Waals surface area contributed by atoms with Crippen molar-refractivity contribution >= 4 is 5.97 Å². The lowest BCUT2D eigenvalue weighted by atomic mass is 10.1. The van der Waals surface area contributed by atoms with E-state index in [2.05, 4.69) is 10.1 Å². The van der Waals surface area contributed by atoms with Gasteiger partial charge in [-0.2, -0.15) is 5.10 Å². The molecule has 0 radical (unpaired) electrons. The Morgan fingerprint density at radius 2 is 2.14 bits per heavy atom. The van der Waals surface area contributed by atoms with Gasteiger partial charge in [-0.3, -0.25) is 9.78 Å². The minimum absolute atomic E-state index is 0.178. The van der Waals surface area contributed by atoms with Crippen molar-refractivity contribution in [3.63, 3.8) is 0 Å². The van der Waals surface area contributed by atoms with Crippen LogP contribution in [0.1, 0.15) is 26.6 Å². The molecule has 6 nitrogen and oxygen atoms in total. The zero-order valence-electron chi connectivity index (χ0n) is 8.37. The molecule has 0 aliphatic rings. The van der Waals surface area contributed by atoms with E-state index in [4.69, 9.17) is 5.11 Å². The zero-order valence-corrected chi connectivity index (χ0v) is 8.37. The molecule has 1 rings (SSSR count). The van der Waals surface area contributed by atoms with Crippen molar-refractivity contribution in [1.82, 2.24) is 14.8 Å². The van der Waals surface area contributed by atoms with Gasteiger partial charge in [-0.05, 0) is 20.8 Å². The third-order valence-corrected chi connectivity index (χ3v) is 1.62. The highest BCUT2D eigenvalue weighted by atomic mass is 16.4. The topological polar surface area (TPSA) is 88.0 Å². The Morgan fingerprint density at radius 1 is 1.57 bits per heavy atom. The summed E-state index contributed by atoms with van der Waals surface area (Å²) in [5, 5.41) is 12.4. The van der Waals surface area contributed by atoms with E-state index in [9.17, 15) is 9.59 Å². The first kappa shape index (κ1) is 10.5. The van der Waals surface area contributed by atoms with Crippen LogP contribution in [0.15, 0.2) is 4.79 Å². The first-order valence-electron chi connectivity index (χ1n) is 4.21. The summed E-state index contributed by atoms with van der Waals surface area (Å²) in [6.07, 6.45) is -0.266. The Kier molecular flexibility index (Phi) is 2.46. The van der Waals surface area contributed by atoms with Crippen molar-refractivity contribution in [2.24, 2.45) is 0 Å². The molecule has 0 fully saturated rings. The van der Waals surface area contributed by atoms with Gasteiger partial charge in [0.25, 0.3) is 0 Å². The van der Waals surface area contributed by atoms with E-state index < -0.39 is 11.5 Å². The molecule has 0 saturated heterocycles. The molecule has 0 amide bonds. The quantitative estimate of drug-likeness (QED) is 0.699. The van der Waals surface area contributed by atoms with Crippen LogP contribution in [-0.4, -0.2) is 25.8 Å². The molecule has 14 heavy (non-hydrogen) atoms.